The van der Waals surface area contributed by atoms with Gasteiger partial charge < -0.3 is 24.0 Å². The molecule has 2 aliphatic heterocycles. The van der Waals surface area contributed by atoms with E-state index >= 15 is 0 Å². The second kappa shape index (κ2) is 9.89. The lowest BCUT2D eigenvalue weighted by molar-refractivity contribution is -0.135. The number of carbonyl (C=O) groups excluding carboxylic acids is 1. The van der Waals surface area contributed by atoms with Crippen molar-refractivity contribution in [3.8, 4) is 17.2 Å². The molecule has 0 spiro atoms. The highest BCUT2D eigenvalue weighted by Gasteiger charge is 2.31. The summed E-state index contributed by atoms with van der Waals surface area (Å²) in [5, 5.41) is 0. The predicted octanol–water partition coefficient (Wildman–Crippen LogP) is 3.03. The summed E-state index contributed by atoms with van der Waals surface area (Å²) in [5.74, 6) is 3.12. The molecule has 0 aliphatic carbocycles. The van der Waals surface area contributed by atoms with Crippen LogP contribution in [0.1, 0.15) is 24.8 Å². The number of hydrogen-bond donors (Lipinski definition) is 0. The Morgan fingerprint density at radius 1 is 1.06 bits per heavy atom. The van der Waals surface area contributed by atoms with Crippen molar-refractivity contribution in [3.05, 3.63) is 42.4 Å². The highest BCUT2D eigenvalue weighted by Crippen LogP contribution is 2.41. The smallest absolute Gasteiger partial charge is 0.227 e. The van der Waals surface area contributed by atoms with Crippen molar-refractivity contribution in [1.82, 2.24) is 14.9 Å². The predicted molar refractivity (Wildman–Crippen MR) is 122 cm³/mol. The second-order valence-corrected chi connectivity index (χ2v) is 8.02. The highest BCUT2D eigenvalue weighted by atomic mass is 16.5. The highest BCUT2D eigenvalue weighted by molar-refractivity contribution is 5.83. The number of hydrogen-bond acceptors (Lipinski definition) is 7. The van der Waals surface area contributed by atoms with Gasteiger partial charge in [0.25, 0.3) is 0 Å². The van der Waals surface area contributed by atoms with E-state index in [-0.39, 0.29) is 11.8 Å². The zero-order chi connectivity index (χ0) is 22.5. The summed E-state index contributed by atoms with van der Waals surface area (Å²) in [4.78, 5) is 25.9. The first kappa shape index (κ1) is 21.9. The quantitative estimate of drug-likeness (QED) is 0.686. The molecule has 1 unspecified atom stereocenters. The van der Waals surface area contributed by atoms with E-state index < -0.39 is 0 Å². The number of amides is 1. The van der Waals surface area contributed by atoms with E-state index in [1.807, 2.05) is 17.0 Å². The molecule has 8 heteroatoms. The number of nitrogens with zero attached hydrogens (tertiary/aromatic N) is 4. The van der Waals surface area contributed by atoms with Crippen LogP contribution in [0.2, 0.25) is 0 Å². The first-order chi connectivity index (χ1) is 15.6. The molecule has 2 aliphatic rings. The van der Waals surface area contributed by atoms with Gasteiger partial charge in [-0.15, -0.1) is 0 Å². The normalized spacial score (nSPS) is 18.7. The summed E-state index contributed by atoms with van der Waals surface area (Å²) < 4.78 is 16.6. The van der Waals surface area contributed by atoms with Crippen LogP contribution in [-0.2, 0) is 4.79 Å². The maximum absolute atomic E-state index is 13.3. The Morgan fingerprint density at radius 3 is 2.44 bits per heavy atom. The number of methoxy groups -OCH3 is 3. The lowest BCUT2D eigenvalue weighted by Gasteiger charge is -2.36. The number of anilines is 1. The Bertz CT molecular complexity index is 954. The van der Waals surface area contributed by atoms with E-state index in [0.29, 0.717) is 36.9 Å². The van der Waals surface area contributed by atoms with Gasteiger partial charge in [0, 0.05) is 50.7 Å². The van der Waals surface area contributed by atoms with Crippen LogP contribution in [0.3, 0.4) is 0 Å². The average molecular weight is 439 g/mol. The lowest BCUT2D eigenvalue weighted by atomic mass is 9.93. The van der Waals surface area contributed by atoms with Crippen LogP contribution in [0.5, 0.6) is 17.2 Å². The maximum Gasteiger partial charge on any atom is 0.227 e. The monoisotopic (exact) mass is 438 g/mol. The Hall–Kier alpha value is -3.29. The summed E-state index contributed by atoms with van der Waals surface area (Å²) in [6.45, 7) is 2.84. The molecule has 0 radical (unpaired) electrons. The Balaban J connectivity index is 1.47. The zero-order valence-electron chi connectivity index (χ0n) is 18.9. The van der Waals surface area contributed by atoms with Crippen LogP contribution in [-0.4, -0.2) is 68.3 Å². The Labute approximate surface area is 188 Å². The summed E-state index contributed by atoms with van der Waals surface area (Å²) in [7, 11) is 4.90. The van der Waals surface area contributed by atoms with Gasteiger partial charge >= 0.3 is 0 Å². The lowest BCUT2D eigenvalue weighted by Crippen LogP contribution is -2.46. The molecule has 1 fully saturated rings. The molecular formula is C24H30N4O4. The number of ether oxygens (including phenoxy) is 3. The fourth-order valence-electron chi connectivity index (χ4n) is 4.52. The number of carbonyl (C=O) groups is 1. The van der Waals surface area contributed by atoms with Gasteiger partial charge in [-0.1, -0.05) is 6.08 Å². The van der Waals surface area contributed by atoms with Gasteiger partial charge in [0.15, 0.2) is 0 Å². The van der Waals surface area contributed by atoms with E-state index in [1.54, 1.807) is 39.9 Å². The first-order valence-corrected chi connectivity index (χ1v) is 10.9. The van der Waals surface area contributed by atoms with E-state index in [4.69, 9.17) is 14.2 Å². The van der Waals surface area contributed by atoms with Crippen LogP contribution < -0.4 is 19.1 Å². The maximum atomic E-state index is 13.3. The van der Waals surface area contributed by atoms with E-state index in [0.717, 1.165) is 42.8 Å². The minimum absolute atomic E-state index is 0.0224. The van der Waals surface area contributed by atoms with Gasteiger partial charge in [-0.3, -0.25) is 9.78 Å². The van der Waals surface area contributed by atoms with Crippen molar-refractivity contribution in [2.45, 2.75) is 19.3 Å². The fourth-order valence-corrected chi connectivity index (χ4v) is 4.52. The molecule has 32 heavy (non-hydrogen) atoms. The van der Waals surface area contributed by atoms with Crippen molar-refractivity contribution < 1.29 is 19.0 Å². The summed E-state index contributed by atoms with van der Waals surface area (Å²) in [6.07, 6.45) is 9.85. The zero-order valence-corrected chi connectivity index (χ0v) is 18.9. The standard InChI is InChI=1S/C24H30N4O4/c1-30-19-13-20(31-2)23(21(14-19)32-3)17-6-11-27(12-7-17)24(29)18-5-4-10-28(16-18)22-15-25-8-9-26-22/h6,8-9,13-15,18H,4-5,7,10-12,16H2,1-3H3. The van der Waals surface area contributed by atoms with Crippen LogP contribution in [0.15, 0.2) is 36.8 Å². The number of rotatable bonds is 6. The third kappa shape index (κ3) is 4.49. The number of piperidine rings is 1. The van der Waals surface area contributed by atoms with Crippen molar-refractivity contribution >= 4 is 17.3 Å². The minimum atomic E-state index is -0.0224. The van der Waals surface area contributed by atoms with E-state index in [1.165, 1.54) is 0 Å². The molecular weight excluding hydrogens is 408 g/mol. The molecule has 8 nitrogen and oxygen atoms in total. The minimum Gasteiger partial charge on any atom is -0.496 e. The summed E-state index contributed by atoms with van der Waals surface area (Å²) in [5.41, 5.74) is 2.05. The fraction of sp³-hybridized carbons (Fsp3) is 0.458. The van der Waals surface area contributed by atoms with Gasteiger partial charge in [-0.25, -0.2) is 4.98 Å². The van der Waals surface area contributed by atoms with Crippen LogP contribution in [0.25, 0.3) is 5.57 Å². The van der Waals surface area contributed by atoms with Gasteiger partial charge in [0.05, 0.1) is 39.0 Å². The molecule has 1 saturated heterocycles. The van der Waals surface area contributed by atoms with Crippen molar-refractivity contribution in [2.24, 2.45) is 5.92 Å². The van der Waals surface area contributed by atoms with Crippen molar-refractivity contribution in [1.29, 1.82) is 0 Å². The Kier molecular flexibility index (Phi) is 6.78. The van der Waals surface area contributed by atoms with Crippen LogP contribution >= 0.6 is 0 Å². The van der Waals surface area contributed by atoms with Crippen LogP contribution in [0.4, 0.5) is 5.82 Å². The van der Waals surface area contributed by atoms with Crippen molar-refractivity contribution in [2.75, 3.05) is 52.4 Å². The number of aromatic nitrogens is 2. The average Bonchev–Trinajstić information content (AvgIpc) is 2.88. The van der Waals surface area contributed by atoms with E-state index in [9.17, 15) is 4.79 Å². The molecule has 3 heterocycles. The molecule has 1 aromatic heterocycles. The third-order valence-corrected chi connectivity index (χ3v) is 6.20. The Morgan fingerprint density at radius 2 is 1.84 bits per heavy atom. The van der Waals surface area contributed by atoms with Gasteiger partial charge in [0.1, 0.15) is 23.1 Å². The largest absolute Gasteiger partial charge is 0.496 e. The molecule has 0 N–H and O–H groups in total. The molecule has 4 rings (SSSR count). The molecule has 1 amide bonds. The first-order valence-electron chi connectivity index (χ1n) is 10.9. The van der Waals surface area contributed by atoms with Crippen molar-refractivity contribution in [3.63, 3.8) is 0 Å². The number of benzene rings is 1. The molecule has 1 aromatic carbocycles. The van der Waals surface area contributed by atoms with Gasteiger partial charge in [0.2, 0.25) is 5.91 Å². The molecule has 1 atom stereocenters. The second-order valence-electron chi connectivity index (χ2n) is 8.02. The third-order valence-electron chi connectivity index (χ3n) is 6.20. The SMILES string of the molecule is COc1cc(OC)c(C2=CCN(C(=O)C3CCCN(c4cnccn4)C3)CC2)c(OC)c1. The topological polar surface area (TPSA) is 77.0 Å². The van der Waals surface area contributed by atoms with Gasteiger partial charge in [-0.05, 0) is 24.8 Å². The molecule has 0 saturated carbocycles. The summed E-state index contributed by atoms with van der Waals surface area (Å²) >= 11 is 0. The molecule has 0 bridgehead atoms. The van der Waals surface area contributed by atoms with Crippen LogP contribution in [0, 0.1) is 5.92 Å². The van der Waals surface area contributed by atoms with Gasteiger partial charge in [-0.2, -0.15) is 0 Å². The van der Waals surface area contributed by atoms with E-state index in [2.05, 4.69) is 20.9 Å². The summed E-state index contributed by atoms with van der Waals surface area (Å²) in [6, 6.07) is 3.72. The molecule has 2 aromatic rings. The molecule has 170 valence electrons.